The van der Waals surface area contributed by atoms with Crippen molar-refractivity contribution in [1.29, 1.82) is 0 Å². The van der Waals surface area contributed by atoms with Gasteiger partial charge in [0.2, 0.25) is 5.91 Å². The van der Waals surface area contributed by atoms with E-state index in [0.29, 0.717) is 24.8 Å². The van der Waals surface area contributed by atoms with Gasteiger partial charge < -0.3 is 10.1 Å². The highest BCUT2D eigenvalue weighted by atomic mass is 32.2. The van der Waals surface area contributed by atoms with Crippen LogP contribution in [0.1, 0.15) is 37.2 Å². The van der Waals surface area contributed by atoms with E-state index in [1.165, 1.54) is 12.4 Å². The second kappa shape index (κ2) is 9.06. The van der Waals surface area contributed by atoms with Gasteiger partial charge in [-0.25, -0.2) is 13.4 Å². The van der Waals surface area contributed by atoms with Crippen LogP contribution >= 0.6 is 0 Å². The maximum atomic E-state index is 13.1. The van der Waals surface area contributed by atoms with Gasteiger partial charge >= 0.3 is 0 Å². The number of rotatable bonds is 7. The third-order valence-corrected chi connectivity index (χ3v) is 7.55. The first kappa shape index (κ1) is 20.7. The molecule has 1 aromatic carbocycles. The number of hydrogen-bond donors (Lipinski definition) is 1. The topological polar surface area (TPSA) is 98.2 Å². The Morgan fingerprint density at radius 3 is 2.63 bits per heavy atom. The fourth-order valence-electron chi connectivity index (χ4n) is 3.81. The summed E-state index contributed by atoms with van der Waals surface area (Å²) in [6.07, 6.45) is 11.5. The van der Waals surface area contributed by atoms with E-state index in [4.69, 9.17) is 4.74 Å². The van der Waals surface area contributed by atoms with Crippen molar-refractivity contribution in [3.05, 3.63) is 60.6 Å². The van der Waals surface area contributed by atoms with Gasteiger partial charge in [0, 0.05) is 25.6 Å². The zero-order chi connectivity index (χ0) is 21.0. The molecule has 1 aliphatic carbocycles. The van der Waals surface area contributed by atoms with Crippen molar-refractivity contribution < 1.29 is 17.9 Å². The molecule has 1 N–H and O–H groups in total. The molecule has 1 aliphatic heterocycles. The van der Waals surface area contributed by atoms with Crippen LogP contribution in [-0.2, 0) is 19.4 Å². The number of nitrogens with zero attached hydrogens (tertiary/aromatic N) is 2. The van der Waals surface area contributed by atoms with Crippen LogP contribution in [0.25, 0.3) is 0 Å². The molecule has 2 heterocycles. The minimum atomic E-state index is -3.36. The van der Waals surface area contributed by atoms with E-state index in [0.717, 1.165) is 31.4 Å². The average Bonchev–Trinajstić information content (AvgIpc) is 3.61. The Labute approximate surface area is 176 Å². The van der Waals surface area contributed by atoms with Gasteiger partial charge in [0.15, 0.2) is 15.7 Å². The van der Waals surface area contributed by atoms with Gasteiger partial charge in [0.05, 0.1) is 17.0 Å². The van der Waals surface area contributed by atoms with E-state index < -0.39 is 21.0 Å². The maximum Gasteiger partial charge on any atom is 0.233 e. The lowest BCUT2D eigenvalue weighted by molar-refractivity contribution is -0.118. The minimum absolute atomic E-state index is 0.167. The molecule has 158 valence electrons. The quantitative estimate of drug-likeness (QED) is 0.682. The fourth-order valence-corrected chi connectivity index (χ4v) is 5.14. The first-order valence-corrected chi connectivity index (χ1v) is 11.8. The fraction of sp³-hybridized carbons (Fsp3) is 0.409. The van der Waals surface area contributed by atoms with E-state index in [-0.39, 0.29) is 10.8 Å². The largest absolute Gasteiger partial charge is 0.381 e. The van der Waals surface area contributed by atoms with Crippen LogP contribution in [0.3, 0.4) is 0 Å². The van der Waals surface area contributed by atoms with Gasteiger partial charge in [-0.05, 0) is 49.3 Å². The lowest BCUT2D eigenvalue weighted by Crippen LogP contribution is -2.24. The molecule has 1 unspecified atom stereocenters. The highest BCUT2D eigenvalue weighted by Crippen LogP contribution is 2.32. The third kappa shape index (κ3) is 4.94. The molecule has 2 aliphatic rings. The molecule has 2 atom stereocenters. The van der Waals surface area contributed by atoms with Crippen molar-refractivity contribution in [2.75, 3.05) is 18.5 Å². The molecule has 1 aromatic heterocycles. The molecule has 30 heavy (non-hydrogen) atoms. The maximum absolute atomic E-state index is 13.1. The van der Waals surface area contributed by atoms with Gasteiger partial charge in [0.1, 0.15) is 5.25 Å². The first-order valence-electron chi connectivity index (χ1n) is 10.2. The average molecular weight is 428 g/mol. The zero-order valence-corrected chi connectivity index (χ0v) is 17.4. The van der Waals surface area contributed by atoms with Crippen LogP contribution in [0, 0.1) is 5.92 Å². The Kier molecular flexibility index (Phi) is 6.24. The number of benzene rings is 1. The van der Waals surface area contributed by atoms with E-state index in [9.17, 15) is 13.2 Å². The van der Waals surface area contributed by atoms with E-state index in [1.807, 2.05) is 0 Å². The van der Waals surface area contributed by atoms with Crippen LogP contribution in [0.15, 0.2) is 59.9 Å². The predicted molar refractivity (Wildman–Crippen MR) is 113 cm³/mol. The van der Waals surface area contributed by atoms with Crippen LogP contribution < -0.4 is 5.32 Å². The summed E-state index contributed by atoms with van der Waals surface area (Å²) < 4.78 is 30.4. The first-order chi connectivity index (χ1) is 14.5. The monoisotopic (exact) mass is 427 g/mol. The van der Waals surface area contributed by atoms with Gasteiger partial charge in [0.25, 0.3) is 0 Å². The summed E-state index contributed by atoms with van der Waals surface area (Å²) in [5, 5.41) is 2.35. The molecule has 7 nitrogen and oxygen atoms in total. The summed E-state index contributed by atoms with van der Waals surface area (Å²) in [6, 6.07) is 6.71. The van der Waals surface area contributed by atoms with Crippen molar-refractivity contribution in [3.8, 4) is 0 Å². The van der Waals surface area contributed by atoms with Crippen molar-refractivity contribution in [1.82, 2.24) is 9.97 Å². The van der Waals surface area contributed by atoms with E-state index in [2.05, 4.69) is 15.3 Å². The van der Waals surface area contributed by atoms with Crippen LogP contribution in [0.5, 0.6) is 0 Å². The Hall–Kier alpha value is -2.58. The summed E-state index contributed by atoms with van der Waals surface area (Å²) in [7, 11) is -3.36. The standard InChI is InChI=1S/C22H25N3O4S/c26-22(25-21-15-23-10-11-24-21)20(14-16-2-1-12-29-13-9-16)17-3-5-18(6-4-17)30(27,28)19-7-8-19/h3-8,10-11,15-16,19-20H,1-2,9,12-14H2,(H,24,25,26)/t16?,20-/m1/s1. The summed E-state index contributed by atoms with van der Waals surface area (Å²) >= 11 is 0. The van der Waals surface area contributed by atoms with E-state index in [1.54, 1.807) is 42.6 Å². The molecule has 0 bridgehead atoms. The van der Waals surface area contributed by atoms with Gasteiger partial charge in [-0.15, -0.1) is 0 Å². The molecule has 1 saturated heterocycles. The second-order valence-electron chi connectivity index (χ2n) is 7.74. The highest BCUT2D eigenvalue weighted by Gasteiger charge is 2.31. The molecular formula is C22H25N3O4S. The third-order valence-electron chi connectivity index (χ3n) is 5.59. The summed E-state index contributed by atoms with van der Waals surface area (Å²) in [6.45, 7) is 1.46. The molecule has 4 rings (SSSR count). The SMILES string of the molecule is O=C(Nc1cnccn1)[C@H](CC1CCCOCC1)c1ccc(S(=O)(=O)C2C=C2)cc1. The Bertz CT molecular complexity index is 992. The molecule has 1 fully saturated rings. The number of amides is 1. The van der Waals surface area contributed by atoms with Crippen molar-refractivity contribution in [2.24, 2.45) is 5.92 Å². The van der Waals surface area contributed by atoms with E-state index >= 15 is 0 Å². The summed E-state index contributed by atoms with van der Waals surface area (Å²) in [4.78, 5) is 21.5. The van der Waals surface area contributed by atoms with Crippen LogP contribution in [-0.4, -0.2) is 42.8 Å². The predicted octanol–water partition coefficient (Wildman–Crippen LogP) is 3.12. The number of nitrogens with one attached hydrogen (secondary N) is 1. The Morgan fingerprint density at radius 2 is 1.93 bits per heavy atom. The number of aromatic nitrogens is 2. The molecule has 0 saturated carbocycles. The number of carbonyl (C=O) groups excluding carboxylic acids is 1. The normalized spacial score (nSPS) is 20.3. The molecule has 1 amide bonds. The summed E-state index contributed by atoms with van der Waals surface area (Å²) in [5.74, 6) is 0.186. The smallest absolute Gasteiger partial charge is 0.233 e. The van der Waals surface area contributed by atoms with Gasteiger partial charge in [-0.1, -0.05) is 24.3 Å². The Morgan fingerprint density at radius 1 is 1.13 bits per heavy atom. The van der Waals surface area contributed by atoms with Crippen molar-refractivity contribution >= 4 is 21.6 Å². The Balaban J connectivity index is 1.56. The van der Waals surface area contributed by atoms with Gasteiger partial charge in [-0.3, -0.25) is 9.78 Å². The zero-order valence-electron chi connectivity index (χ0n) is 16.6. The lowest BCUT2D eigenvalue weighted by atomic mass is 9.84. The summed E-state index contributed by atoms with van der Waals surface area (Å²) in [5.41, 5.74) is 0.796. The minimum Gasteiger partial charge on any atom is -0.381 e. The molecular weight excluding hydrogens is 402 g/mol. The molecule has 8 heteroatoms. The van der Waals surface area contributed by atoms with Crippen molar-refractivity contribution in [2.45, 2.75) is 41.7 Å². The number of ether oxygens (including phenoxy) is 1. The number of anilines is 1. The number of carbonyl (C=O) groups is 1. The molecule has 0 spiro atoms. The van der Waals surface area contributed by atoms with Crippen LogP contribution in [0.4, 0.5) is 5.82 Å². The van der Waals surface area contributed by atoms with Gasteiger partial charge in [-0.2, -0.15) is 0 Å². The number of hydrogen-bond acceptors (Lipinski definition) is 6. The highest BCUT2D eigenvalue weighted by molar-refractivity contribution is 7.92. The second-order valence-corrected chi connectivity index (χ2v) is 9.85. The van der Waals surface area contributed by atoms with Crippen LogP contribution in [0.2, 0.25) is 0 Å². The number of sulfone groups is 1. The molecule has 2 aromatic rings. The lowest BCUT2D eigenvalue weighted by Gasteiger charge is -2.22. The molecule has 0 radical (unpaired) electrons. The van der Waals surface area contributed by atoms with Crippen molar-refractivity contribution in [3.63, 3.8) is 0 Å².